The third-order valence-electron chi connectivity index (χ3n) is 3.62. The van der Waals surface area contributed by atoms with Crippen LogP contribution in [0.1, 0.15) is 34.9 Å². The molecule has 3 rings (SSSR count). The van der Waals surface area contributed by atoms with Crippen LogP contribution in [0.25, 0.3) is 5.65 Å². The van der Waals surface area contributed by atoms with Gasteiger partial charge in [-0.1, -0.05) is 6.07 Å². The van der Waals surface area contributed by atoms with Crippen LogP contribution in [0.15, 0.2) is 24.4 Å². The van der Waals surface area contributed by atoms with Crippen molar-refractivity contribution in [3.8, 4) is 0 Å². The maximum absolute atomic E-state index is 11.7. The number of piperidine rings is 1. The molecule has 19 heavy (non-hydrogen) atoms. The summed E-state index contributed by atoms with van der Waals surface area (Å²) >= 11 is 0. The Balaban J connectivity index is 2.02. The molecule has 0 radical (unpaired) electrons. The van der Waals surface area contributed by atoms with Crippen LogP contribution in [0.3, 0.4) is 0 Å². The SMILES string of the molecule is COC(=O)c1cccc2nc(C3CCCNC3)cn12. The van der Waals surface area contributed by atoms with E-state index in [2.05, 4.69) is 10.3 Å². The number of methoxy groups -OCH3 is 1. The van der Waals surface area contributed by atoms with Gasteiger partial charge in [0.2, 0.25) is 0 Å². The number of carbonyl (C=O) groups is 1. The summed E-state index contributed by atoms with van der Waals surface area (Å²) in [5.74, 6) is 0.0930. The van der Waals surface area contributed by atoms with E-state index in [0.29, 0.717) is 11.6 Å². The van der Waals surface area contributed by atoms with E-state index in [4.69, 9.17) is 4.74 Å². The lowest BCUT2D eigenvalue weighted by Gasteiger charge is -2.20. The summed E-state index contributed by atoms with van der Waals surface area (Å²) in [6, 6.07) is 5.49. The lowest BCUT2D eigenvalue weighted by Crippen LogP contribution is -2.28. The van der Waals surface area contributed by atoms with Gasteiger partial charge < -0.3 is 10.1 Å². The van der Waals surface area contributed by atoms with Crippen molar-refractivity contribution in [3.63, 3.8) is 0 Å². The van der Waals surface area contributed by atoms with E-state index in [1.54, 1.807) is 6.07 Å². The monoisotopic (exact) mass is 259 g/mol. The van der Waals surface area contributed by atoms with Crippen LogP contribution < -0.4 is 5.32 Å². The van der Waals surface area contributed by atoms with Gasteiger partial charge in [0.25, 0.3) is 0 Å². The van der Waals surface area contributed by atoms with Crippen LogP contribution >= 0.6 is 0 Å². The Labute approximate surface area is 111 Å². The van der Waals surface area contributed by atoms with Crippen LogP contribution in [0, 0.1) is 0 Å². The van der Waals surface area contributed by atoms with E-state index in [1.807, 2.05) is 22.7 Å². The molecule has 0 aliphatic carbocycles. The predicted molar refractivity (Wildman–Crippen MR) is 71.4 cm³/mol. The number of nitrogens with zero attached hydrogens (tertiary/aromatic N) is 2. The van der Waals surface area contributed by atoms with E-state index in [-0.39, 0.29) is 5.97 Å². The number of nitrogens with one attached hydrogen (secondary N) is 1. The molecule has 5 nitrogen and oxygen atoms in total. The van der Waals surface area contributed by atoms with Gasteiger partial charge in [-0.15, -0.1) is 0 Å². The Morgan fingerprint density at radius 3 is 3.16 bits per heavy atom. The van der Waals surface area contributed by atoms with Crippen LogP contribution in [0.2, 0.25) is 0 Å². The van der Waals surface area contributed by atoms with Crippen molar-refractivity contribution in [3.05, 3.63) is 35.8 Å². The number of pyridine rings is 1. The lowest BCUT2D eigenvalue weighted by atomic mass is 9.97. The molecule has 0 amide bonds. The van der Waals surface area contributed by atoms with Crippen molar-refractivity contribution in [2.24, 2.45) is 0 Å². The molecule has 0 bridgehead atoms. The van der Waals surface area contributed by atoms with Crippen LogP contribution in [0.5, 0.6) is 0 Å². The van der Waals surface area contributed by atoms with Crippen molar-refractivity contribution in [2.45, 2.75) is 18.8 Å². The number of aromatic nitrogens is 2. The smallest absolute Gasteiger partial charge is 0.355 e. The topological polar surface area (TPSA) is 55.6 Å². The molecular weight excluding hydrogens is 242 g/mol. The summed E-state index contributed by atoms with van der Waals surface area (Å²) in [4.78, 5) is 16.4. The zero-order valence-electron chi connectivity index (χ0n) is 10.9. The minimum absolute atomic E-state index is 0.337. The molecule has 1 aliphatic heterocycles. The summed E-state index contributed by atoms with van der Waals surface area (Å²) < 4.78 is 6.61. The zero-order chi connectivity index (χ0) is 13.2. The standard InChI is InChI=1S/C14H17N3O2/c1-19-14(18)12-5-2-6-13-16-11(9-17(12)13)10-4-3-7-15-8-10/h2,5-6,9-10,15H,3-4,7-8H2,1H3. The van der Waals surface area contributed by atoms with Crippen LogP contribution in [0.4, 0.5) is 0 Å². The van der Waals surface area contributed by atoms with E-state index in [0.717, 1.165) is 30.9 Å². The molecule has 0 spiro atoms. The highest BCUT2D eigenvalue weighted by Crippen LogP contribution is 2.23. The zero-order valence-corrected chi connectivity index (χ0v) is 10.9. The summed E-state index contributed by atoms with van der Waals surface area (Å²) in [7, 11) is 1.39. The third-order valence-corrected chi connectivity index (χ3v) is 3.62. The molecular formula is C14H17N3O2. The van der Waals surface area contributed by atoms with E-state index in [9.17, 15) is 4.79 Å². The first-order valence-corrected chi connectivity index (χ1v) is 6.56. The minimum atomic E-state index is -0.337. The molecule has 1 N–H and O–H groups in total. The van der Waals surface area contributed by atoms with Gasteiger partial charge in [0, 0.05) is 18.7 Å². The minimum Gasteiger partial charge on any atom is -0.464 e. The molecule has 0 saturated carbocycles. The number of hydrogen-bond donors (Lipinski definition) is 1. The Morgan fingerprint density at radius 1 is 1.53 bits per heavy atom. The van der Waals surface area contributed by atoms with Gasteiger partial charge in [-0.25, -0.2) is 9.78 Å². The van der Waals surface area contributed by atoms with Gasteiger partial charge >= 0.3 is 5.97 Å². The maximum Gasteiger partial charge on any atom is 0.355 e. The Hall–Kier alpha value is -1.88. The Kier molecular flexibility index (Phi) is 3.21. The number of imidazole rings is 1. The molecule has 5 heteroatoms. The van der Waals surface area contributed by atoms with Crippen molar-refractivity contribution in [1.82, 2.24) is 14.7 Å². The van der Waals surface area contributed by atoms with Crippen molar-refractivity contribution < 1.29 is 9.53 Å². The second-order valence-corrected chi connectivity index (χ2v) is 4.84. The van der Waals surface area contributed by atoms with Crippen molar-refractivity contribution >= 4 is 11.6 Å². The highest BCUT2D eigenvalue weighted by molar-refractivity contribution is 5.88. The van der Waals surface area contributed by atoms with Crippen LogP contribution in [-0.2, 0) is 4.74 Å². The molecule has 100 valence electrons. The van der Waals surface area contributed by atoms with Gasteiger partial charge in [0.05, 0.1) is 12.8 Å². The fraction of sp³-hybridized carbons (Fsp3) is 0.429. The molecule has 2 aromatic heterocycles. The molecule has 1 atom stereocenters. The number of fused-ring (bicyclic) bond motifs is 1. The van der Waals surface area contributed by atoms with Gasteiger partial charge in [-0.05, 0) is 31.5 Å². The van der Waals surface area contributed by atoms with Crippen molar-refractivity contribution in [1.29, 1.82) is 0 Å². The fourth-order valence-electron chi connectivity index (χ4n) is 2.60. The molecule has 1 saturated heterocycles. The molecule has 1 aliphatic rings. The Bertz CT molecular complexity index is 600. The first kappa shape index (κ1) is 12.2. The van der Waals surface area contributed by atoms with Crippen LogP contribution in [-0.4, -0.2) is 35.6 Å². The number of carbonyl (C=O) groups excluding carboxylic acids is 1. The fourth-order valence-corrected chi connectivity index (χ4v) is 2.60. The van der Waals surface area contributed by atoms with Crippen molar-refractivity contribution in [2.75, 3.05) is 20.2 Å². The second kappa shape index (κ2) is 5.01. The highest BCUT2D eigenvalue weighted by atomic mass is 16.5. The molecule has 1 fully saturated rings. The summed E-state index contributed by atoms with van der Waals surface area (Å²) in [5.41, 5.74) is 2.36. The number of hydrogen-bond acceptors (Lipinski definition) is 4. The molecule has 3 heterocycles. The molecule has 2 aromatic rings. The summed E-state index contributed by atoms with van der Waals surface area (Å²) in [6.45, 7) is 2.04. The number of rotatable bonds is 2. The van der Waals surface area contributed by atoms with Gasteiger partial charge in [-0.3, -0.25) is 4.40 Å². The maximum atomic E-state index is 11.7. The predicted octanol–water partition coefficient (Wildman–Crippen LogP) is 1.59. The van der Waals surface area contributed by atoms with Gasteiger partial charge in [-0.2, -0.15) is 0 Å². The van der Waals surface area contributed by atoms with E-state index < -0.39 is 0 Å². The molecule has 0 aromatic carbocycles. The quantitative estimate of drug-likeness (QED) is 0.832. The lowest BCUT2D eigenvalue weighted by molar-refractivity contribution is 0.0592. The van der Waals surface area contributed by atoms with Gasteiger partial charge in [0.15, 0.2) is 0 Å². The average molecular weight is 259 g/mol. The Morgan fingerprint density at radius 2 is 2.42 bits per heavy atom. The first-order valence-electron chi connectivity index (χ1n) is 6.56. The number of ether oxygens (including phenoxy) is 1. The van der Waals surface area contributed by atoms with Gasteiger partial charge in [0.1, 0.15) is 11.3 Å². The highest BCUT2D eigenvalue weighted by Gasteiger charge is 2.19. The average Bonchev–Trinajstić information content (AvgIpc) is 2.91. The summed E-state index contributed by atoms with van der Waals surface area (Å²) in [5, 5.41) is 3.39. The molecule has 1 unspecified atom stereocenters. The summed E-state index contributed by atoms with van der Waals surface area (Å²) in [6.07, 6.45) is 4.27. The van der Waals surface area contributed by atoms with E-state index >= 15 is 0 Å². The van der Waals surface area contributed by atoms with E-state index in [1.165, 1.54) is 13.5 Å². The largest absolute Gasteiger partial charge is 0.464 e. The second-order valence-electron chi connectivity index (χ2n) is 4.84. The normalized spacial score (nSPS) is 19.5. The third kappa shape index (κ3) is 2.21. The first-order chi connectivity index (χ1) is 9.29. The number of esters is 1.